The third-order valence-corrected chi connectivity index (χ3v) is 15.3. The second kappa shape index (κ2) is 19.3. The van der Waals surface area contributed by atoms with Gasteiger partial charge < -0.3 is 42.3 Å². The molecular formula is C33H53N3O15Si. The fourth-order valence-electron chi connectivity index (χ4n) is 7.53. The van der Waals surface area contributed by atoms with Gasteiger partial charge in [0.1, 0.15) is 18.8 Å². The largest absolute Gasteiger partial charge is 0.467 e. The third-order valence-electron chi connectivity index (χ3n) is 9.26. The lowest BCUT2D eigenvalue weighted by molar-refractivity contribution is -0.265. The fourth-order valence-corrected chi connectivity index (χ4v) is 12.9. The smallest absolute Gasteiger partial charge is 0.339 e. The Morgan fingerprint density at radius 2 is 1.15 bits per heavy atom. The molecule has 2 heterocycles. The molecule has 2 rings (SSSR count). The van der Waals surface area contributed by atoms with E-state index in [0.717, 1.165) is 41.7 Å². The summed E-state index contributed by atoms with van der Waals surface area (Å²) in [4.78, 5) is 78.1. The van der Waals surface area contributed by atoms with Crippen LogP contribution in [0.4, 0.5) is 0 Å². The van der Waals surface area contributed by atoms with Crippen molar-refractivity contribution >= 4 is 44.1 Å². The molecule has 2 fully saturated rings. The number of carbonyl (C=O) groups is 6. The first-order valence-corrected chi connectivity index (χ1v) is 19.3. The van der Waals surface area contributed by atoms with Gasteiger partial charge in [0, 0.05) is 45.4 Å². The third kappa shape index (κ3) is 10.9. The van der Waals surface area contributed by atoms with Gasteiger partial charge in [0.2, 0.25) is 8.32 Å². The van der Waals surface area contributed by atoms with Crippen molar-refractivity contribution < 1.29 is 71.1 Å². The van der Waals surface area contributed by atoms with E-state index in [9.17, 15) is 34.3 Å². The Labute approximate surface area is 304 Å². The van der Waals surface area contributed by atoms with Gasteiger partial charge in [-0.1, -0.05) is 46.7 Å². The highest BCUT2D eigenvalue weighted by molar-refractivity contribution is 6.77. The topological polar surface area (TPSA) is 234 Å². The van der Waals surface area contributed by atoms with Gasteiger partial charge in [0.05, 0.1) is 19.3 Å². The predicted molar refractivity (Wildman–Crippen MR) is 181 cm³/mol. The SMILES string of the molecule is COC(=O)[C@H]1O[C@@H](O[Si](C(C)C)(C(C)C)C(C)C)[C@@H](N=[N+]=[N-])[C@@H](C[C@H]2O[C@H](COC(C)=O)[C@@H](OC(C)=O)[C@H](OC(C)=O)[C@@H]2OC(C)=O)[C@H]1OC(C)=O. The van der Waals surface area contributed by atoms with E-state index in [1.54, 1.807) is 0 Å². The Morgan fingerprint density at radius 1 is 0.692 bits per heavy atom. The maximum absolute atomic E-state index is 13.4. The maximum atomic E-state index is 13.4. The first-order valence-electron chi connectivity index (χ1n) is 17.1. The summed E-state index contributed by atoms with van der Waals surface area (Å²) in [5.74, 6) is -6.08. The van der Waals surface area contributed by atoms with Gasteiger partial charge in [-0.05, 0) is 28.6 Å². The van der Waals surface area contributed by atoms with Gasteiger partial charge in [0.25, 0.3) is 0 Å². The molecule has 10 atom stereocenters. The van der Waals surface area contributed by atoms with Crippen LogP contribution in [0.1, 0.15) is 82.6 Å². The molecule has 0 radical (unpaired) electrons. The number of methoxy groups -OCH3 is 1. The number of rotatable bonds is 15. The summed E-state index contributed by atoms with van der Waals surface area (Å²) in [6.45, 7) is 17.2. The van der Waals surface area contributed by atoms with Crippen LogP contribution in [0.5, 0.6) is 0 Å². The normalized spacial score (nSPS) is 29.1. The van der Waals surface area contributed by atoms with Crippen LogP contribution < -0.4 is 0 Å². The minimum absolute atomic E-state index is 0.0174. The van der Waals surface area contributed by atoms with E-state index in [1.165, 1.54) is 0 Å². The Balaban J connectivity index is 2.90. The van der Waals surface area contributed by atoms with E-state index in [4.69, 9.17) is 42.3 Å². The molecule has 2 aliphatic rings. The van der Waals surface area contributed by atoms with Crippen LogP contribution in [0.25, 0.3) is 10.4 Å². The zero-order valence-electron chi connectivity index (χ0n) is 31.9. The van der Waals surface area contributed by atoms with Crippen LogP contribution in [0.3, 0.4) is 0 Å². The Bertz CT molecular complexity index is 1330. The highest BCUT2D eigenvalue weighted by Gasteiger charge is 2.59. The molecule has 52 heavy (non-hydrogen) atoms. The molecule has 0 aromatic heterocycles. The summed E-state index contributed by atoms with van der Waals surface area (Å²) >= 11 is 0. The second-order valence-electron chi connectivity index (χ2n) is 13.8. The molecule has 0 bridgehead atoms. The Kier molecular flexibility index (Phi) is 16.5. The number of nitrogens with zero attached hydrogens (tertiary/aromatic N) is 3. The zero-order chi connectivity index (χ0) is 39.7. The number of esters is 6. The molecule has 294 valence electrons. The average molecular weight is 760 g/mol. The molecule has 0 aromatic rings. The van der Waals surface area contributed by atoms with Crippen molar-refractivity contribution in [2.75, 3.05) is 13.7 Å². The summed E-state index contributed by atoms with van der Waals surface area (Å²) in [5, 5.41) is 4.06. The van der Waals surface area contributed by atoms with Crippen molar-refractivity contribution in [3.63, 3.8) is 0 Å². The summed E-state index contributed by atoms with van der Waals surface area (Å²) in [5.41, 5.74) is 9.93. The zero-order valence-corrected chi connectivity index (χ0v) is 32.9. The molecule has 0 amide bonds. The lowest BCUT2D eigenvalue weighted by Crippen LogP contribution is -2.65. The van der Waals surface area contributed by atoms with E-state index in [1.807, 2.05) is 41.5 Å². The first-order chi connectivity index (χ1) is 24.2. The van der Waals surface area contributed by atoms with Gasteiger partial charge in [-0.15, -0.1) is 0 Å². The van der Waals surface area contributed by atoms with E-state index in [0.29, 0.717) is 0 Å². The fraction of sp³-hybridized carbons (Fsp3) is 0.818. The van der Waals surface area contributed by atoms with Gasteiger partial charge in [-0.25, -0.2) is 4.79 Å². The highest BCUT2D eigenvalue weighted by atomic mass is 28.4. The molecule has 0 spiro atoms. The van der Waals surface area contributed by atoms with Crippen LogP contribution in [-0.2, 0) is 71.1 Å². The van der Waals surface area contributed by atoms with Crippen LogP contribution >= 0.6 is 0 Å². The molecule has 0 aromatic carbocycles. The number of ether oxygens (including phenoxy) is 8. The summed E-state index contributed by atoms with van der Waals surface area (Å²) in [6.07, 6.45) is -11.8. The minimum atomic E-state index is -2.84. The monoisotopic (exact) mass is 759 g/mol. The quantitative estimate of drug-likeness (QED) is 0.0576. The molecular weight excluding hydrogens is 706 g/mol. The van der Waals surface area contributed by atoms with Crippen molar-refractivity contribution in [2.24, 2.45) is 11.0 Å². The van der Waals surface area contributed by atoms with Gasteiger partial charge in [0.15, 0.2) is 30.7 Å². The second-order valence-corrected chi connectivity index (χ2v) is 19.2. The summed E-state index contributed by atoms with van der Waals surface area (Å²) in [7, 11) is -1.72. The predicted octanol–water partition coefficient (Wildman–Crippen LogP) is 3.82. The van der Waals surface area contributed by atoms with E-state index in [-0.39, 0.29) is 23.0 Å². The van der Waals surface area contributed by atoms with Crippen LogP contribution in [-0.4, -0.2) is 113 Å². The molecule has 0 N–H and O–H groups in total. The molecule has 2 aliphatic heterocycles. The number of carbonyl (C=O) groups excluding carboxylic acids is 6. The standard InChI is InChI=1S/C33H53N3O15Si/c1-15(2)52(16(3)4,17(5)6)51-33-26(35-36-34)23(27(45-19(8)38)31(50-33)32(42)43-12)13-24-28(46-20(9)39)30(48-22(11)41)29(47-21(10)40)25(49-24)14-44-18(7)37/h15-17,23-31,33H,13-14H2,1-12H3/t23-,24-,25-,26+,27-,28-,29-,30-,31+,33+/m1/s1. The van der Waals surface area contributed by atoms with Gasteiger partial charge in [-0.2, -0.15) is 0 Å². The van der Waals surface area contributed by atoms with Crippen molar-refractivity contribution in [1.82, 2.24) is 0 Å². The van der Waals surface area contributed by atoms with E-state index in [2.05, 4.69) is 10.0 Å². The average Bonchev–Trinajstić information content (AvgIpc) is 3.01. The molecule has 0 unspecified atom stereocenters. The number of hydrogen-bond acceptors (Lipinski definition) is 16. The minimum Gasteiger partial charge on any atom is -0.467 e. The van der Waals surface area contributed by atoms with Crippen molar-refractivity contribution in [3.05, 3.63) is 10.4 Å². The Morgan fingerprint density at radius 3 is 1.58 bits per heavy atom. The molecule has 19 heteroatoms. The van der Waals surface area contributed by atoms with Crippen molar-refractivity contribution in [3.8, 4) is 0 Å². The van der Waals surface area contributed by atoms with Gasteiger partial charge >= 0.3 is 35.8 Å². The van der Waals surface area contributed by atoms with E-state index < -0.39 is 112 Å². The Hall–Kier alpha value is -3.77. The molecule has 0 aliphatic carbocycles. The first kappa shape index (κ1) is 44.4. The molecule has 2 saturated heterocycles. The number of hydrogen-bond donors (Lipinski definition) is 0. The lowest BCUT2D eigenvalue weighted by Gasteiger charge is -2.51. The highest BCUT2D eigenvalue weighted by Crippen LogP contribution is 2.46. The van der Waals surface area contributed by atoms with Crippen molar-refractivity contribution in [2.45, 2.75) is 154 Å². The molecule has 18 nitrogen and oxygen atoms in total. The van der Waals surface area contributed by atoms with Crippen LogP contribution in [0, 0.1) is 5.92 Å². The molecule has 0 saturated carbocycles. The van der Waals surface area contributed by atoms with Crippen molar-refractivity contribution in [1.29, 1.82) is 0 Å². The lowest BCUT2D eigenvalue weighted by atomic mass is 9.80. The summed E-state index contributed by atoms with van der Waals surface area (Å²) in [6, 6.07) is -1.29. The van der Waals surface area contributed by atoms with Crippen LogP contribution in [0.15, 0.2) is 5.11 Å². The van der Waals surface area contributed by atoms with E-state index >= 15 is 0 Å². The summed E-state index contributed by atoms with van der Waals surface area (Å²) < 4.78 is 52.2. The number of azide groups is 1. The van der Waals surface area contributed by atoms with Gasteiger partial charge in [-0.3, -0.25) is 24.0 Å². The maximum Gasteiger partial charge on any atom is 0.339 e. The van der Waals surface area contributed by atoms with Crippen LogP contribution in [0.2, 0.25) is 16.6 Å².